The Kier molecular flexibility index (Phi) is 6.75. The van der Waals surface area contributed by atoms with Crippen molar-refractivity contribution < 1.29 is 18.5 Å². The molecule has 2 aliphatic heterocycles. The van der Waals surface area contributed by atoms with Gasteiger partial charge in [-0.1, -0.05) is 56.6 Å². The minimum absolute atomic E-state index is 0.0903. The molecule has 0 radical (unpaired) electrons. The molecule has 8 heteroatoms. The lowest BCUT2D eigenvalue weighted by molar-refractivity contribution is -0.140. The van der Waals surface area contributed by atoms with Crippen LogP contribution in [0.2, 0.25) is 5.02 Å². The van der Waals surface area contributed by atoms with Crippen LogP contribution in [0.1, 0.15) is 60.1 Å². The lowest BCUT2D eigenvalue weighted by Gasteiger charge is -2.44. The number of amides is 1. The summed E-state index contributed by atoms with van der Waals surface area (Å²) in [7, 11) is -0.454. The summed E-state index contributed by atoms with van der Waals surface area (Å²) in [6, 6.07) is 12.6. The lowest BCUT2D eigenvalue weighted by Crippen LogP contribution is -2.53. The second kappa shape index (κ2) is 9.09. The van der Waals surface area contributed by atoms with E-state index in [1.807, 2.05) is 82.5 Å². The normalized spacial score (nSPS) is 22.0. The van der Waals surface area contributed by atoms with Gasteiger partial charge in [0.2, 0.25) is 5.91 Å². The molecule has 2 heterocycles. The van der Waals surface area contributed by atoms with Gasteiger partial charge in [-0.2, -0.15) is 0 Å². The molecule has 1 atom stereocenters. The fraction of sp³-hybridized carbons (Fsp3) is 0.519. The summed E-state index contributed by atoms with van der Waals surface area (Å²) in [6.07, 6.45) is 0. The first-order valence-corrected chi connectivity index (χ1v) is 12.5. The maximum Gasteiger partial charge on any atom is 0.494 e. The van der Waals surface area contributed by atoms with Crippen LogP contribution in [0.25, 0.3) is 0 Å². The van der Waals surface area contributed by atoms with Gasteiger partial charge in [0.05, 0.1) is 22.9 Å². The number of nitrogens with zero attached hydrogens (tertiary/aromatic N) is 2. The molecular weight excluding hydrogens is 466 g/mol. The molecule has 4 rings (SSSR count). The summed E-state index contributed by atoms with van der Waals surface area (Å²) in [5, 5.41) is 0.358. The predicted molar refractivity (Wildman–Crippen MR) is 140 cm³/mol. The summed E-state index contributed by atoms with van der Waals surface area (Å²) < 4.78 is 27.3. The average Bonchev–Trinajstić information content (AvgIpc) is 2.99. The van der Waals surface area contributed by atoms with Crippen LogP contribution in [-0.4, -0.2) is 48.8 Å². The molecule has 0 bridgehead atoms. The molecule has 0 spiro atoms. The highest BCUT2D eigenvalue weighted by molar-refractivity contribution is 6.62. The Bertz CT molecular complexity index is 1080. The van der Waals surface area contributed by atoms with Crippen LogP contribution in [0, 0.1) is 11.2 Å². The van der Waals surface area contributed by atoms with Crippen molar-refractivity contribution in [3.05, 3.63) is 58.9 Å². The number of hydrogen-bond acceptors (Lipinski definition) is 4. The van der Waals surface area contributed by atoms with E-state index in [1.54, 1.807) is 12.1 Å². The van der Waals surface area contributed by atoms with E-state index >= 15 is 0 Å². The summed E-state index contributed by atoms with van der Waals surface area (Å²) >= 11 is 6.01. The fourth-order valence-corrected chi connectivity index (χ4v) is 4.74. The van der Waals surface area contributed by atoms with E-state index in [0.29, 0.717) is 30.3 Å². The summed E-state index contributed by atoms with van der Waals surface area (Å²) in [4.78, 5) is 17.0. The van der Waals surface area contributed by atoms with Crippen LogP contribution in [0.4, 0.5) is 10.1 Å². The van der Waals surface area contributed by atoms with E-state index < -0.39 is 23.7 Å². The number of hydrogen-bond donors (Lipinski definition) is 0. The van der Waals surface area contributed by atoms with Gasteiger partial charge in [0.1, 0.15) is 5.82 Å². The monoisotopic (exact) mass is 500 g/mol. The molecule has 5 nitrogen and oxygen atoms in total. The van der Waals surface area contributed by atoms with Crippen molar-refractivity contribution in [1.29, 1.82) is 0 Å². The van der Waals surface area contributed by atoms with E-state index in [-0.39, 0.29) is 17.8 Å². The zero-order valence-electron chi connectivity index (χ0n) is 21.7. The van der Waals surface area contributed by atoms with Crippen molar-refractivity contribution in [2.24, 2.45) is 5.41 Å². The third-order valence-electron chi connectivity index (χ3n) is 7.37. The summed E-state index contributed by atoms with van der Waals surface area (Å²) in [5.41, 5.74) is 1.07. The molecule has 0 aromatic heterocycles. The Morgan fingerprint density at radius 3 is 2.17 bits per heavy atom. The van der Waals surface area contributed by atoms with Crippen molar-refractivity contribution in [1.82, 2.24) is 4.90 Å². The zero-order chi connectivity index (χ0) is 25.8. The topological polar surface area (TPSA) is 42.0 Å². The Balaban J connectivity index is 1.65. The first kappa shape index (κ1) is 26.0. The van der Waals surface area contributed by atoms with Crippen molar-refractivity contribution in [2.75, 3.05) is 24.5 Å². The van der Waals surface area contributed by atoms with E-state index in [2.05, 4.69) is 0 Å². The SMILES string of the molecule is CC(C)(C)C(=O)N1CCN(c2ccc(Cl)cc2F)[C@H](c2ccc(B3OC(C)(C)C(C)(C)O3)cc2)C1. The highest BCUT2D eigenvalue weighted by atomic mass is 35.5. The molecule has 35 heavy (non-hydrogen) atoms. The summed E-state index contributed by atoms with van der Waals surface area (Å²) in [6.45, 7) is 15.4. The second-order valence-corrected chi connectivity index (χ2v) is 12.0. The molecule has 2 saturated heterocycles. The highest BCUT2D eigenvalue weighted by Gasteiger charge is 2.51. The van der Waals surface area contributed by atoms with Crippen LogP contribution >= 0.6 is 11.6 Å². The Morgan fingerprint density at radius 1 is 1.03 bits per heavy atom. The van der Waals surface area contributed by atoms with E-state index in [4.69, 9.17) is 20.9 Å². The average molecular weight is 501 g/mol. The van der Waals surface area contributed by atoms with E-state index in [9.17, 15) is 9.18 Å². The maximum absolute atomic E-state index is 14.9. The lowest BCUT2D eigenvalue weighted by atomic mass is 9.78. The number of carbonyl (C=O) groups is 1. The number of rotatable bonds is 3. The van der Waals surface area contributed by atoms with Gasteiger partial charge in [-0.25, -0.2) is 4.39 Å². The van der Waals surface area contributed by atoms with Crippen LogP contribution in [-0.2, 0) is 14.1 Å². The predicted octanol–water partition coefficient (Wildman–Crippen LogP) is 5.21. The molecule has 0 saturated carbocycles. The van der Waals surface area contributed by atoms with Crippen LogP contribution in [0.5, 0.6) is 0 Å². The van der Waals surface area contributed by atoms with E-state index in [1.165, 1.54) is 6.07 Å². The molecular formula is C27H35BClFN2O3. The molecule has 0 N–H and O–H groups in total. The molecule has 0 aliphatic carbocycles. The van der Waals surface area contributed by atoms with Crippen molar-refractivity contribution in [3.8, 4) is 0 Å². The largest absolute Gasteiger partial charge is 0.494 e. The molecule has 1 amide bonds. The van der Waals surface area contributed by atoms with Gasteiger partial charge in [-0.3, -0.25) is 4.79 Å². The minimum Gasteiger partial charge on any atom is -0.399 e. The quantitative estimate of drug-likeness (QED) is 0.542. The third kappa shape index (κ3) is 5.09. The third-order valence-corrected chi connectivity index (χ3v) is 7.61. The number of halogens is 2. The smallest absolute Gasteiger partial charge is 0.399 e. The van der Waals surface area contributed by atoms with Gasteiger partial charge in [-0.05, 0) is 56.9 Å². The van der Waals surface area contributed by atoms with Crippen LogP contribution in [0.15, 0.2) is 42.5 Å². The van der Waals surface area contributed by atoms with Crippen LogP contribution in [0.3, 0.4) is 0 Å². The van der Waals surface area contributed by atoms with E-state index in [0.717, 1.165) is 11.0 Å². The molecule has 2 aromatic carbocycles. The molecule has 0 unspecified atom stereocenters. The van der Waals surface area contributed by atoms with Gasteiger partial charge in [0, 0.05) is 30.1 Å². The Hall–Kier alpha value is -2.09. The first-order valence-electron chi connectivity index (χ1n) is 12.2. The van der Waals surface area contributed by atoms with Gasteiger partial charge in [-0.15, -0.1) is 0 Å². The molecule has 2 aliphatic rings. The number of carbonyl (C=O) groups excluding carboxylic acids is 1. The van der Waals surface area contributed by atoms with Crippen LogP contribution < -0.4 is 10.4 Å². The van der Waals surface area contributed by atoms with Gasteiger partial charge in [0.15, 0.2) is 0 Å². The fourth-order valence-electron chi connectivity index (χ4n) is 4.58. The van der Waals surface area contributed by atoms with Gasteiger partial charge < -0.3 is 19.1 Å². The van der Waals surface area contributed by atoms with Crippen molar-refractivity contribution >= 4 is 35.8 Å². The first-order chi connectivity index (χ1) is 16.2. The zero-order valence-corrected chi connectivity index (χ0v) is 22.4. The van der Waals surface area contributed by atoms with Crippen molar-refractivity contribution in [2.45, 2.75) is 65.7 Å². The molecule has 2 aromatic rings. The Labute approximate surface area is 213 Å². The standard InChI is InChI=1S/C27H35BClFN2O3/c1-25(2,3)24(33)31-14-15-32(22-13-12-20(29)16-21(22)30)23(17-31)18-8-10-19(11-9-18)28-34-26(4,5)27(6,7)35-28/h8-13,16,23H,14-15,17H2,1-7H3/t23-/m0/s1. The Morgan fingerprint density at radius 2 is 1.63 bits per heavy atom. The minimum atomic E-state index is -0.487. The number of benzene rings is 2. The molecule has 2 fully saturated rings. The van der Waals surface area contributed by atoms with Gasteiger partial charge in [0.25, 0.3) is 0 Å². The van der Waals surface area contributed by atoms with Crippen molar-refractivity contribution in [3.63, 3.8) is 0 Å². The highest BCUT2D eigenvalue weighted by Crippen LogP contribution is 2.37. The number of piperazine rings is 1. The maximum atomic E-state index is 14.9. The number of anilines is 1. The summed E-state index contributed by atoms with van der Waals surface area (Å²) in [5.74, 6) is -0.278. The second-order valence-electron chi connectivity index (χ2n) is 11.6. The molecule has 188 valence electrons. The van der Waals surface area contributed by atoms with Gasteiger partial charge >= 0.3 is 7.12 Å².